The molecule has 8 nitrogen and oxygen atoms in total. The van der Waals surface area contributed by atoms with Gasteiger partial charge in [-0.1, -0.05) is 26.5 Å². The molecular weight excluding hydrogens is 316 g/mol. The Bertz CT molecular complexity index is 456. The topological polar surface area (TPSA) is 114 Å². The third kappa shape index (κ3) is 9.83. The minimum absolute atomic E-state index is 0.0838. The lowest BCUT2D eigenvalue weighted by Crippen LogP contribution is -2.53. The van der Waals surface area contributed by atoms with Crippen LogP contribution in [0.15, 0.2) is 12.7 Å². The van der Waals surface area contributed by atoms with Crippen LogP contribution in [0, 0.1) is 5.92 Å². The molecule has 0 heterocycles. The molecule has 2 atom stereocenters. The predicted molar refractivity (Wildman–Crippen MR) is 87.9 cm³/mol. The summed E-state index contributed by atoms with van der Waals surface area (Å²) in [6.45, 7) is 12.1. The summed E-state index contributed by atoms with van der Waals surface area (Å²) in [4.78, 5) is 35.5. The van der Waals surface area contributed by atoms with Gasteiger partial charge in [-0.3, -0.25) is 4.79 Å². The number of aliphatic hydroxyl groups excluding tert-OH is 1. The van der Waals surface area contributed by atoms with Crippen LogP contribution in [-0.2, 0) is 19.1 Å². The molecule has 0 aliphatic heterocycles. The zero-order valence-corrected chi connectivity index (χ0v) is 14.9. The van der Waals surface area contributed by atoms with Crippen molar-refractivity contribution in [2.45, 2.75) is 58.9 Å². The Morgan fingerprint density at radius 3 is 2.25 bits per heavy atom. The second kappa shape index (κ2) is 9.92. The highest BCUT2D eigenvalue weighted by molar-refractivity contribution is 5.89. The normalized spacial score (nSPS) is 13.6. The SMILES string of the molecule is C=CCOC(=O)C(O)NC(=O)[C@H](CC(C)C)NC(=O)OC(C)(C)C. The maximum Gasteiger partial charge on any atom is 0.408 e. The maximum absolute atomic E-state index is 12.2. The van der Waals surface area contributed by atoms with Gasteiger partial charge in [0.15, 0.2) is 0 Å². The first-order chi connectivity index (χ1) is 11.0. The van der Waals surface area contributed by atoms with E-state index in [4.69, 9.17) is 4.74 Å². The van der Waals surface area contributed by atoms with Gasteiger partial charge in [-0.25, -0.2) is 9.59 Å². The fourth-order valence-electron chi connectivity index (χ4n) is 1.67. The molecule has 0 rings (SSSR count). The number of esters is 1. The van der Waals surface area contributed by atoms with Gasteiger partial charge in [0.2, 0.25) is 12.1 Å². The van der Waals surface area contributed by atoms with Gasteiger partial charge in [0, 0.05) is 0 Å². The van der Waals surface area contributed by atoms with Crippen LogP contribution in [0.2, 0.25) is 0 Å². The monoisotopic (exact) mass is 344 g/mol. The molecule has 3 N–H and O–H groups in total. The number of ether oxygens (including phenoxy) is 2. The predicted octanol–water partition coefficient (Wildman–Crippen LogP) is 1.09. The van der Waals surface area contributed by atoms with E-state index in [2.05, 4.69) is 21.9 Å². The zero-order valence-electron chi connectivity index (χ0n) is 14.9. The van der Waals surface area contributed by atoms with Crippen LogP contribution in [-0.4, -0.2) is 47.6 Å². The number of carbonyl (C=O) groups is 3. The van der Waals surface area contributed by atoms with E-state index in [1.807, 2.05) is 13.8 Å². The van der Waals surface area contributed by atoms with Crippen molar-refractivity contribution < 1.29 is 29.0 Å². The van der Waals surface area contributed by atoms with E-state index in [9.17, 15) is 19.5 Å². The van der Waals surface area contributed by atoms with Gasteiger partial charge in [0.1, 0.15) is 18.2 Å². The molecule has 0 fully saturated rings. The summed E-state index contributed by atoms with van der Waals surface area (Å²) in [5.41, 5.74) is -0.711. The van der Waals surface area contributed by atoms with Crippen LogP contribution >= 0.6 is 0 Å². The molecule has 2 amide bonds. The molecule has 1 unspecified atom stereocenters. The van der Waals surface area contributed by atoms with Gasteiger partial charge < -0.3 is 25.2 Å². The van der Waals surface area contributed by atoms with Gasteiger partial charge in [-0.05, 0) is 33.1 Å². The molecule has 0 saturated carbocycles. The Labute approximate surface area is 142 Å². The number of aliphatic hydroxyl groups is 1. The Morgan fingerprint density at radius 2 is 1.79 bits per heavy atom. The average Bonchev–Trinajstić information content (AvgIpc) is 2.41. The second-order valence-corrected chi connectivity index (χ2v) is 6.66. The molecule has 0 aromatic heterocycles. The van der Waals surface area contributed by atoms with Crippen LogP contribution in [0.5, 0.6) is 0 Å². The van der Waals surface area contributed by atoms with Gasteiger partial charge in [-0.2, -0.15) is 0 Å². The third-order valence-electron chi connectivity index (χ3n) is 2.56. The zero-order chi connectivity index (χ0) is 18.9. The van der Waals surface area contributed by atoms with E-state index < -0.39 is 35.8 Å². The van der Waals surface area contributed by atoms with E-state index in [0.29, 0.717) is 6.42 Å². The molecule has 8 heteroatoms. The molecule has 138 valence electrons. The Morgan fingerprint density at radius 1 is 1.21 bits per heavy atom. The minimum Gasteiger partial charge on any atom is -0.458 e. The summed E-state index contributed by atoms with van der Waals surface area (Å²) in [5, 5.41) is 14.2. The van der Waals surface area contributed by atoms with Crippen molar-refractivity contribution in [3.8, 4) is 0 Å². The van der Waals surface area contributed by atoms with Gasteiger partial charge in [0.25, 0.3) is 0 Å². The van der Waals surface area contributed by atoms with Crippen molar-refractivity contribution in [3.63, 3.8) is 0 Å². The molecule has 0 bridgehead atoms. The highest BCUT2D eigenvalue weighted by atomic mass is 16.6. The molecule has 0 saturated heterocycles. The van der Waals surface area contributed by atoms with E-state index in [1.165, 1.54) is 6.08 Å². The summed E-state index contributed by atoms with van der Waals surface area (Å²) >= 11 is 0. The number of amides is 2. The molecule has 0 spiro atoms. The van der Waals surface area contributed by atoms with Gasteiger partial charge in [-0.15, -0.1) is 0 Å². The third-order valence-corrected chi connectivity index (χ3v) is 2.56. The average molecular weight is 344 g/mol. The molecule has 0 aliphatic carbocycles. The summed E-state index contributed by atoms with van der Waals surface area (Å²) in [6, 6.07) is -0.957. The molecule has 0 aliphatic rings. The van der Waals surface area contributed by atoms with Crippen molar-refractivity contribution in [3.05, 3.63) is 12.7 Å². The van der Waals surface area contributed by atoms with Crippen LogP contribution in [0.3, 0.4) is 0 Å². The molecule has 0 radical (unpaired) electrons. The summed E-state index contributed by atoms with van der Waals surface area (Å²) < 4.78 is 9.74. The molecular formula is C16H28N2O6. The smallest absolute Gasteiger partial charge is 0.408 e. The second-order valence-electron chi connectivity index (χ2n) is 6.66. The van der Waals surface area contributed by atoms with Crippen LogP contribution < -0.4 is 10.6 Å². The standard InChI is InChI=1S/C16H28N2O6/c1-7-8-23-14(21)13(20)18-12(19)11(9-10(2)3)17-15(22)24-16(4,5)6/h7,10-11,13,20H,1,8-9H2,2-6H3,(H,17,22)(H,18,19)/t11-,13?/m0/s1. The number of carbonyl (C=O) groups excluding carboxylic acids is 3. The number of rotatable bonds is 8. The maximum atomic E-state index is 12.2. The van der Waals surface area contributed by atoms with Crippen LogP contribution in [0.1, 0.15) is 41.0 Å². The van der Waals surface area contributed by atoms with E-state index >= 15 is 0 Å². The highest BCUT2D eigenvalue weighted by Crippen LogP contribution is 2.09. The minimum atomic E-state index is -1.83. The number of alkyl carbamates (subject to hydrolysis) is 1. The molecule has 0 aromatic rings. The Hall–Kier alpha value is -2.09. The Kier molecular flexibility index (Phi) is 9.05. The van der Waals surface area contributed by atoms with Crippen molar-refractivity contribution in [1.29, 1.82) is 0 Å². The highest BCUT2D eigenvalue weighted by Gasteiger charge is 2.28. The van der Waals surface area contributed by atoms with Gasteiger partial charge in [0.05, 0.1) is 0 Å². The summed E-state index contributed by atoms with van der Waals surface area (Å²) in [5.74, 6) is -1.64. The van der Waals surface area contributed by atoms with Crippen molar-refractivity contribution in [2.24, 2.45) is 5.92 Å². The summed E-state index contributed by atoms with van der Waals surface area (Å²) in [6.07, 6.45) is -0.947. The van der Waals surface area contributed by atoms with E-state index in [-0.39, 0.29) is 12.5 Å². The molecule has 24 heavy (non-hydrogen) atoms. The van der Waals surface area contributed by atoms with E-state index in [1.54, 1.807) is 20.8 Å². The van der Waals surface area contributed by atoms with Crippen LogP contribution in [0.4, 0.5) is 4.79 Å². The van der Waals surface area contributed by atoms with Crippen LogP contribution in [0.25, 0.3) is 0 Å². The fraction of sp³-hybridized carbons (Fsp3) is 0.688. The van der Waals surface area contributed by atoms with Crippen molar-refractivity contribution >= 4 is 18.0 Å². The Balaban J connectivity index is 4.79. The van der Waals surface area contributed by atoms with Gasteiger partial charge >= 0.3 is 12.1 Å². The first-order valence-corrected chi connectivity index (χ1v) is 7.71. The molecule has 0 aromatic carbocycles. The fourth-order valence-corrected chi connectivity index (χ4v) is 1.67. The lowest BCUT2D eigenvalue weighted by molar-refractivity contribution is -0.156. The van der Waals surface area contributed by atoms with Crippen molar-refractivity contribution in [2.75, 3.05) is 6.61 Å². The quantitative estimate of drug-likeness (QED) is 0.345. The largest absolute Gasteiger partial charge is 0.458 e. The van der Waals surface area contributed by atoms with Crippen molar-refractivity contribution in [1.82, 2.24) is 10.6 Å². The first kappa shape index (κ1) is 21.9. The lowest BCUT2D eigenvalue weighted by Gasteiger charge is -2.24. The first-order valence-electron chi connectivity index (χ1n) is 7.71. The number of nitrogens with one attached hydrogen (secondary N) is 2. The van der Waals surface area contributed by atoms with E-state index in [0.717, 1.165) is 0 Å². The lowest BCUT2D eigenvalue weighted by atomic mass is 10.0. The number of hydrogen-bond donors (Lipinski definition) is 3. The number of hydrogen-bond acceptors (Lipinski definition) is 6. The summed E-state index contributed by atoms with van der Waals surface area (Å²) in [7, 11) is 0.